The van der Waals surface area contributed by atoms with E-state index in [1.54, 1.807) is 0 Å². The van der Waals surface area contributed by atoms with Crippen molar-refractivity contribution < 1.29 is 4.79 Å². The summed E-state index contributed by atoms with van der Waals surface area (Å²) in [5.74, 6) is 1.35. The molecule has 3 rings (SSSR count). The van der Waals surface area contributed by atoms with Crippen LogP contribution in [0.3, 0.4) is 0 Å². The fourth-order valence-corrected chi connectivity index (χ4v) is 4.80. The van der Waals surface area contributed by atoms with E-state index < -0.39 is 0 Å². The average molecular weight is 391 g/mol. The Hall–Kier alpha value is -1.60. The summed E-state index contributed by atoms with van der Waals surface area (Å²) in [4.78, 5) is 14.5. The molecular weight excluding hydrogens is 364 g/mol. The van der Waals surface area contributed by atoms with Crippen LogP contribution in [0, 0.1) is 5.92 Å². The smallest absolute Gasteiger partial charge is 0.233 e. The molecule has 1 saturated heterocycles. The molecule has 5 nitrogen and oxygen atoms in total. The number of hydrogen-bond acceptors (Lipinski definition) is 6. The number of carbonyl (C=O) groups excluding carboxylic acids is 1. The summed E-state index contributed by atoms with van der Waals surface area (Å²) in [5.41, 5.74) is 1.40. The Morgan fingerprint density at radius 1 is 1.27 bits per heavy atom. The number of nitrogens with zero attached hydrogens (tertiary/aromatic N) is 3. The lowest BCUT2D eigenvalue weighted by Crippen LogP contribution is -2.39. The van der Waals surface area contributed by atoms with Gasteiger partial charge in [0.2, 0.25) is 11.0 Å². The molecule has 0 bridgehead atoms. The normalized spacial score (nSPS) is 15.2. The predicted molar refractivity (Wildman–Crippen MR) is 109 cm³/mol. The number of aromatic nitrogens is 2. The Balaban J connectivity index is 1.39. The monoisotopic (exact) mass is 390 g/mol. The van der Waals surface area contributed by atoms with E-state index in [9.17, 15) is 4.79 Å². The van der Waals surface area contributed by atoms with Crippen molar-refractivity contribution in [2.75, 3.05) is 30.7 Å². The minimum Gasteiger partial charge on any atom is -0.360 e. The second kappa shape index (κ2) is 9.92. The molecule has 2 heterocycles. The first-order valence-corrected chi connectivity index (χ1v) is 11.1. The van der Waals surface area contributed by atoms with Crippen molar-refractivity contribution in [2.24, 2.45) is 5.92 Å². The maximum absolute atomic E-state index is 12.5. The van der Waals surface area contributed by atoms with Gasteiger partial charge in [-0.05, 0) is 37.2 Å². The second-order valence-corrected chi connectivity index (χ2v) is 8.80. The number of carbonyl (C=O) groups is 1. The lowest BCUT2D eigenvalue weighted by atomic mass is 9.90. The number of nitrogens with one attached hydrogen (secondary N) is 1. The van der Waals surface area contributed by atoms with Crippen LogP contribution in [0.25, 0.3) is 0 Å². The molecule has 0 atom stereocenters. The number of thioether (sulfide) groups is 1. The predicted octanol–water partition coefficient (Wildman–Crippen LogP) is 3.93. The van der Waals surface area contributed by atoms with E-state index in [2.05, 4.69) is 52.8 Å². The zero-order valence-electron chi connectivity index (χ0n) is 15.2. The van der Waals surface area contributed by atoms with Crippen LogP contribution in [-0.4, -0.2) is 46.4 Å². The largest absolute Gasteiger partial charge is 0.360 e. The molecule has 1 fully saturated rings. The first kappa shape index (κ1) is 19.2. The van der Waals surface area contributed by atoms with Gasteiger partial charge in [0.05, 0.1) is 5.75 Å². The Labute approximate surface area is 163 Å². The van der Waals surface area contributed by atoms with Crippen LogP contribution >= 0.6 is 23.1 Å². The SMILES string of the molecule is CCCNc1nnc(SCC(=O)N2CCC(Cc3ccccc3)CC2)s1. The van der Waals surface area contributed by atoms with Gasteiger partial charge in [0.1, 0.15) is 0 Å². The van der Waals surface area contributed by atoms with Gasteiger partial charge in [-0.2, -0.15) is 0 Å². The third kappa shape index (κ3) is 5.71. The molecule has 1 N–H and O–H groups in total. The summed E-state index contributed by atoms with van der Waals surface area (Å²) in [6.07, 6.45) is 4.36. The zero-order chi connectivity index (χ0) is 18.2. The van der Waals surface area contributed by atoms with Crippen molar-refractivity contribution in [2.45, 2.75) is 36.9 Å². The molecule has 0 unspecified atom stereocenters. The molecule has 1 aromatic heterocycles. The zero-order valence-corrected chi connectivity index (χ0v) is 16.8. The quantitative estimate of drug-likeness (QED) is 0.692. The van der Waals surface area contributed by atoms with Crippen molar-refractivity contribution in [3.63, 3.8) is 0 Å². The van der Waals surface area contributed by atoms with Gasteiger partial charge in [0.25, 0.3) is 0 Å². The molecule has 0 aliphatic carbocycles. The molecule has 0 radical (unpaired) electrons. The maximum atomic E-state index is 12.5. The fraction of sp³-hybridized carbons (Fsp3) is 0.526. The van der Waals surface area contributed by atoms with Crippen molar-refractivity contribution in [3.8, 4) is 0 Å². The molecule has 1 aliphatic heterocycles. The standard InChI is InChI=1S/C19H26N4OS2/c1-2-10-20-18-21-22-19(26-18)25-14-17(24)23-11-8-16(9-12-23)13-15-6-4-3-5-7-15/h3-7,16H,2,8-14H2,1H3,(H,20,21). The molecule has 1 aliphatic rings. The van der Waals surface area contributed by atoms with Crippen molar-refractivity contribution in [1.29, 1.82) is 0 Å². The highest BCUT2D eigenvalue weighted by atomic mass is 32.2. The number of anilines is 1. The van der Waals surface area contributed by atoms with Crippen LogP contribution in [0.5, 0.6) is 0 Å². The Morgan fingerprint density at radius 2 is 2.04 bits per heavy atom. The first-order chi connectivity index (χ1) is 12.7. The molecule has 1 amide bonds. The molecule has 7 heteroatoms. The first-order valence-electron chi connectivity index (χ1n) is 9.26. The van der Waals surface area contributed by atoms with E-state index in [4.69, 9.17) is 0 Å². The van der Waals surface area contributed by atoms with Crippen LogP contribution < -0.4 is 5.32 Å². The summed E-state index contributed by atoms with van der Waals surface area (Å²) in [7, 11) is 0. The lowest BCUT2D eigenvalue weighted by molar-refractivity contribution is -0.129. The van der Waals surface area contributed by atoms with Gasteiger partial charge in [0.15, 0.2) is 4.34 Å². The van der Waals surface area contributed by atoms with Crippen molar-refractivity contribution >= 4 is 34.1 Å². The van der Waals surface area contributed by atoms with E-state index in [0.717, 1.165) is 54.8 Å². The summed E-state index contributed by atoms with van der Waals surface area (Å²) in [5, 5.41) is 12.3. The number of piperidine rings is 1. The average Bonchev–Trinajstić information content (AvgIpc) is 3.14. The third-order valence-electron chi connectivity index (χ3n) is 4.59. The van der Waals surface area contributed by atoms with Gasteiger partial charge >= 0.3 is 0 Å². The summed E-state index contributed by atoms with van der Waals surface area (Å²) < 4.78 is 0.857. The Kier molecular flexibility index (Phi) is 7.32. The summed E-state index contributed by atoms with van der Waals surface area (Å²) in [6.45, 7) is 4.76. The number of hydrogen-bond donors (Lipinski definition) is 1. The molecule has 26 heavy (non-hydrogen) atoms. The van der Waals surface area contributed by atoms with Gasteiger partial charge in [-0.1, -0.05) is 60.4 Å². The topological polar surface area (TPSA) is 58.1 Å². The summed E-state index contributed by atoms with van der Waals surface area (Å²) >= 11 is 3.02. The van der Waals surface area contributed by atoms with E-state index in [0.29, 0.717) is 11.7 Å². The van der Waals surface area contributed by atoms with Crippen LogP contribution in [0.4, 0.5) is 5.13 Å². The third-order valence-corrected chi connectivity index (χ3v) is 6.59. The van der Waals surface area contributed by atoms with Crippen LogP contribution in [0.15, 0.2) is 34.7 Å². The Bertz CT molecular complexity index is 684. The van der Waals surface area contributed by atoms with E-state index in [-0.39, 0.29) is 5.91 Å². The van der Waals surface area contributed by atoms with Gasteiger partial charge < -0.3 is 10.2 Å². The van der Waals surface area contributed by atoms with Gasteiger partial charge in [0, 0.05) is 19.6 Å². The molecule has 2 aromatic rings. The van der Waals surface area contributed by atoms with Gasteiger partial charge in [-0.3, -0.25) is 4.79 Å². The highest BCUT2D eigenvalue weighted by molar-refractivity contribution is 8.01. The van der Waals surface area contributed by atoms with Gasteiger partial charge in [-0.15, -0.1) is 10.2 Å². The molecule has 140 valence electrons. The minimum atomic E-state index is 0.214. The highest BCUT2D eigenvalue weighted by Gasteiger charge is 2.23. The number of rotatable bonds is 8. The lowest BCUT2D eigenvalue weighted by Gasteiger charge is -2.32. The highest BCUT2D eigenvalue weighted by Crippen LogP contribution is 2.27. The number of benzene rings is 1. The van der Waals surface area contributed by atoms with E-state index in [1.165, 1.54) is 28.7 Å². The second-order valence-electron chi connectivity index (χ2n) is 6.60. The van der Waals surface area contributed by atoms with Gasteiger partial charge in [-0.25, -0.2) is 0 Å². The van der Waals surface area contributed by atoms with Crippen LogP contribution in [-0.2, 0) is 11.2 Å². The minimum absolute atomic E-state index is 0.214. The van der Waals surface area contributed by atoms with Crippen LogP contribution in [0.2, 0.25) is 0 Å². The maximum Gasteiger partial charge on any atom is 0.233 e. The Morgan fingerprint density at radius 3 is 2.77 bits per heavy atom. The molecular formula is C19H26N4OS2. The van der Waals surface area contributed by atoms with Crippen LogP contribution in [0.1, 0.15) is 31.7 Å². The molecule has 0 saturated carbocycles. The fourth-order valence-electron chi connectivity index (χ4n) is 3.12. The van der Waals surface area contributed by atoms with E-state index >= 15 is 0 Å². The van der Waals surface area contributed by atoms with Crippen molar-refractivity contribution in [1.82, 2.24) is 15.1 Å². The van der Waals surface area contributed by atoms with Crippen molar-refractivity contribution in [3.05, 3.63) is 35.9 Å². The summed E-state index contributed by atoms with van der Waals surface area (Å²) in [6, 6.07) is 10.6. The number of amides is 1. The van der Waals surface area contributed by atoms with E-state index in [1.807, 2.05) is 4.90 Å². The molecule has 1 aromatic carbocycles. The number of likely N-dealkylation sites (tertiary alicyclic amines) is 1. The molecule has 0 spiro atoms.